The second-order valence-corrected chi connectivity index (χ2v) is 5.20. The molecule has 0 saturated heterocycles. The van der Waals surface area contributed by atoms with Crippen LogP contribution in [0.2, 0.25) is 0 Å². The Morgan fingerprint density at radius 2 is 1.76 bits per heavy atom. The topological polar surface area (TPSA) is 76.2 Å². The highest BCUT2D eigenvalue weighted by molar-refractivity contribution is 6.03. The Morgan fingerprint density at radius 1 is 1.04 bits per heavy atom. The van der Waals surface area contributed by atoms with Crippen LogP contribution in [-0.2, 0) is 0 Å². The van der Waals surface area contributed by atoms with E-state index in [1.54, 1.807) is 36.4 Å². The Labute approximate surface area is 143 Å². The first-order valence-electron chi connectivity index (χ1n) is 7.45. The highest BCUT2D eigenvalue weighted by atomic mass is 19.1. The molecule has 2 aromatic carbocycles. The highest BCUT2D eigenvalue weighted by Crippen LogP contribution is 2.30. The van der Waals surface area contributed by atoms with Crippen LogP contribution in [-0.4, -0.2) is 30.3 Å². The summed E-state index contributed by atoms with van der Waals surface area (Å²) in [7, 11) is 3.06. The largest absolute Gasteiger partial charge is 0.493 e. The van der Waals surface area contributed by atoms with Gasteiger partial charge in [-0.1, -0.05) is 0 Å². The lowest BCUT2D eigenvalue weighted by molar-refractivity contribution is 0.102. The second-order valence-electron chi connectivity index (χ2n) is 5.20. The van der Waals surface area contributed by atoms with Gasteiger partial charge in [-0.05, 0) is 42.5 Å². The van der Waals surface area contributed by atoms with Crippen molar-refractivity contribution in [3.8, 4) is 22.8 Å². The van der Waals surface area contributed by atoms with Crippen LogP contribution < -0.4 is 14.8 Å². The molecule has 0 saturated carbocycles. The van der Waals surface area contributed by atoms with Crippen molar-refractivity contribution in [3.63, 3.8) is 0 Å². The Balaban J connectivity index is 1.77. The first kappa shape index (κ1) is 16.5. The van der Waals surface area contributed by atoms with E-state index in [0.717, 1.165) is 0 Å². The van der Waals surface area contributed by atoms with Gasteiger partial charge < -0.3 is 14.8 Å². The van der Waals surface area contributed by atoms with Crippen molar-refractivity contribution in [1.29, 1.82) is 0 Å². The molecule has 0 atom stereocenters. The third-order valence-electron chi connectivity index (χ3n) is 3.60. The fourth-order valence-electron chi connectivity index (χ4n) is 2.32. The number of nitrogens with zero attached hydrogens (tertiary/aromatic N) is 1. The molecule has 7 heteroatoms. The smallest absolute Gasteiger partial charge is 0.273 e. The van der Waals surface area contributed by atoms with Gasteiger partial charge >= 0.3 is 0 Å². The van der Waals surface area contributed by atoms with Gasteiger partial charge in [0.25, 0.3) is 5.91 Å². The second kappa shape index (κ2) is 7.04. The number of aromatic amines is 1. The fourth-order valence-corrected chi connectivity index (χ4v) is 2.32. The van der Waals surface area contributed by atoms with Gasteiger partial charge in [-0.25, -0.2) is 4.39 Å². The maximum atomic E-state index is 13.0. The maximum absolute atomic E-state index is 13.0. The SMILES string of the molecule is COc1ccc(NC(=O)c2cc(-c3ccc(F)cc3)n[nH]2)cc1OC. The molecule has 0 fully saturated rings. The number of aromatic nitrogens is 2. The molecule has 0 aliphatic heterocycles. The number of carbonyl (C=O) groups is 1. The zero-order chi connectivity index (χ0) is 17.8. The maximum Gasteiger partial charge on any atom is 0.273 e. The number of rotatable bonds is 5. The van der Waals surface area contributed by atoms with E-state index in [1.165, 1.54) is 26.4 Å². The molecule has 0 aliphatic carbocycles. The van der Waals surface area contributed by atoms with Crippen molar-refractivity contribution >= 4 is 11.6 Å². The van der Waals surface area contributed by atoms with E-state index in [4.69, 9.17) is 9.47 Å². The number of hydrogen-bond acceptors (Lipinski definition) is 4. The lowest BCUT2D eigenvalue weighted by Gasteiger charge is -2.10. The third kappa shape index (κ3) is 3.60. The Kier molecular flexibility index (Phi) is 4.65. The van der Waals surface area contributed by atoms with Crippen molar-refractivity contribution in [2.24, 2.45) is 0 Å². The van der Waals surface area contributed by atoms with E-state index in [9.17, 15) is 9.18 Å². The standard InChI is InChI=1S/C18H16FN3O3/c1-24-16-8-7-13(9-17(16)25-2)20-18(23)15-10-14(21-22-15)11-3-5-12(19)6-4-11/h3-10H,1-2H3,(H,20,23)(H,21,22). The molecular formula is C18H16FN3O3. The molecule has 0 aliphatic rings. The normalized spacial score (nSPS) is 10.4. The highest BCUT2D eigenvalue weighted by Gasteiger charge is 2.13. The first-order chi connectivity index (χ1) is 12.1. The summed E-state index contributed by atoms with van der Waals surface area (Å²) in [4.78, 5) is 12.4. The summed E-state index contributed by atoms with van der Waals surface area (Å²) in [6.45, 7) is 0. The number of amides is 1. The van der Waals surface area contributed by atoms with Gasteiger partial charge in [0.1, 0.15) is 11.5 Å². The van der Waals surface area contributed by atoms with E-state index >= 15 is 0 Å². The van der Waals surface area contributed by atoms with Crippen molar-refractivity contribution in [2.45, 2.75) is 0 Å². The molecule has 2 N–H and O–H groups in total. The molecule has 6 nitrogen and oxygen atoms in total. The number of hydrogen-bond donors (Lipinski definition) is 2. The van der Waals surface area contributed by atoms with Gasteiger partial charge in [-0.3, -0.25) is 9.89 Å². The summed E-state index contributed by atoms with van der Waals surface area (Å²) in [5, 5.41) is 9.52. The number of halogens is 1. The summed E-state index contributed by atoms with van der Waals surface area (Å²) in [6, 6.07) is 12.5. The average Bonchev–Trinajstić information content (AvgIpc) is 3.12. The Morgan fingerprint density at radius 3 is 2.44 bits per heavy atom. The van der Waals surface area contributed by atoms with Crippen LogP contribution in [0, 0.1) is 5.82 Å². The zero-order valence-corrected chi connectivity index (χ0v) is 13.7. The van der Waals surface area contributed by atoms with Gasteiger partial charge in [0, 0.05) is 17.3 Å². The van der Waals surface area contributed by atoms with Crippen LogP contribution >= 0.6 is 0 Å². The monoisotopic (exact) mass is 341 g/mol. The predicted molar refractivity (Wildman–Crippen MR) is 91.5 cm³/mol. The number of ether oxygens (including phenoxy) is 2. The summed E-state index contributed by atoms with van der Waals surface area (Å²) in [5.41, 5.74) is 2.11. The van der Waals surface area contributed by atoms with Gasteiger partial charge in [0.15, 0.2) is 11.5 Å². The molecule has 128 valence electrons. The molecule has 1 aromatic heterocycles. The first-order valence-corrected chi connectivity index (χ1v) is 7.45. The third-order valence-corrected chi connectivity index (χ3v) is 3.60. The van der Waals surface area contributed by atoms with Gasteiger partial charge in [0.05, 0.1) is 19.9 Å². The lowest BCUT2D eigenvalue weighted by atomic mass is 10.1. The van der Waals surface area contributed by atoms with Crippen LogP contribution in [0.15, 0.2) is 48.5 Å². The molecule has 3 rings (SSSR count). The fraction of sp³-hybridized carbons (Fsp3) is 0.111. The van der Waals surface area contributed by atoms with Crippen molar-refractivity contribution in [2.75, 3.05) is 19.5 Å². The van der Waals surface area contributed by atoms with Gasteiger partial charge in [0.2, 0.25) is 0 Å². The van der Waals surface area contributed by atoms with E-state index < -0.39 is 0 Å². The minimum atomic E-state index is -0.354. The summed E-state index contributed by atoms with van der Waals surface area (Å²) < 4.78 is 23.4. The zero-order valence-electron chi connectivity index (χ0n) is 13.7. The van der Waals surface area contributed by atoms with Crippen molar-refractivity contribution < 1.29 is 18.7 Å². The van der Waals surface area contributed by atoms with Crippen molar-refractivity contribution in [1.82, 2.24) is 10.2 Å². The van der Waals surface area contributed by atoms with Crippen LogP contribution in [0.1, 0.15) is 10.5 Å². The Bertz CT molecular complexity index is 891. The number of nitrogens with one attached hydrogen (secondary N) is 2. The van der Waals surface area contributed by atoms with E-state index in [0.29, 0.717) is 28.4 Å². The number of H-pyrrole nitrogens is 1. The molecule has 25 heavy (non-hydrogen) atoms. The van der Waals surface area contributed by atoms with E-state index in [1.807, 2.05) is 0 Å². The van der Waals surface area contributed by atoms with Gasteiger partial charge in [-0.2, -0.15) is 5.10 Å². The van der Waals surface area contributed by atoms with Crippen LogP contribution in [0.3, 0.4) is 0 Å². The molecule has 0 bridgehead atoms. The quantitative estimate of drug-likeness (QED) is 0.745. The Hall–Kier alpha value is -3.35. The van der Waals surface area contributed by atoms with Crippen LogP contribution in [0.4, 0.5) is 10.1 Å². The molecule has 3 aromatic rings. The van der Waals surface area contributed by atoms with Crippen molar-refractivity contribution in [3.05, 3.63) is 60.0 Å². The number of methoxy groups -OCH3 is 2. The number of anilines is 1. The average molecular weight is 341 g/mol. The van der Waals surface area contributed by atoms with E-state index in [-0.39, 0.29) is 17.4 Å². The summed E-state index contributed by atoms with van der Waals surface area (Å²) >= 11 is 0. The molecule has 0 spiro atoms. The van der Waals surface area contributed by atoms with Crippen LogP contribution in [0.5, 0.6) is 11.5 Å². The summed E-state index contributed by atoms with van der Waals surface area (Å²) in [6.07, 6.45) is 0. The summed E-state index contributed by atoms with van der Waals surface area (Å²) in [5.74, 6) is 0.399. The molecule has 1 heterocycles. The minimum Gasteiger partial charge on any atom is -0.493 e. The van der Waals surface area contributed by atoms with Gasteiger partial charge in [-0.15, -0.1) is 0 Å². The lowest BCUT2D eigenvalue weighted by Crippen LogP contribution is -2.12. The molecule has 1 amide bonds. The molecular weight excluding hydrogens is 325 g/mol. The number of benzene rings is 2. The predicted octanol–water partition coefficient (Wildman–Crippen LogP) is 3.49. The minimum absolute atomic E-state index is 0.286. The molecule has 0 unspecified atom stereocenters. The van der Waals surface area contributed by atoms with Crippen LogP contribution in [0.25, 0.3) is 11.3 Å². The van der Waals surface area contributed by atoms with E-state index in [2.05, 4.69) is 15.5 Å². The number of carbonyl (C=O) groups excluding carboxylic acids is 1. The molecule has 0 radical (unpaired) electrons.